The van der Waals surface area contributed by atoms with E-state index in [1.165, 1.54) is 59.3 Å². The van der Waals surface area contributed by atoms with Crippen molar-refractivity contribution in [2.45, 2.75) is 37.1 Å². The second-order valence-corrected chi connectivity index (χ2v) is 12.9. The Hall–Kier alpha value is -4.01. The van der Waals surface area contributed by atoms with Crippen LogP contribution in [0.4, 0.5) is 29.3 Å². The first-order valence-corrected chi connectivity index (χ1v) is 15.7. The van der Waals surface area contributed by atoms with Gasteiger partial charge in [0.1, 0.15) is 6.10 Å². The van der Waals surface area contributed by atoms with Crippen LogP contribution in [0.5, 0.6) is 5.75 Å². The van der Waals surface area contributed by atoms with Crippen molar-refractivity contribution in [2.75, 3.05) is 36.8 Å². The van der Waals surface area contributed by atoms with Gasteiger partial charge in [0, 0.05) is 30.2 Å². The Labute approximate surface area is 263 Å². The zero-order valence-electron chi connectivity index (χ0n) is 24.5. The molecule has 3 aromatic rings. The van der Waals surface area contributed by atoms with Crippen LogP contribution in [0, 0.1) is 5.92 Å². The summed E-state index contributed by atoms with van der Waals surface area (Å²) in [5, 5.41) is 12.8. The molecule has 0 bridgehead atoms. The molecule has 0 radical (unpaired) electrons. The summed E-state index contributed by atoms with van der Waals surface area (Å²) >= 11 is 5.91. The Morgan fingerprint density at radius 2 is 1.78 bits per heavy atom. The highest BCUT2D eigenvalue weighted by atomic mass is 35.5. The van der Waals surface area contributed by atoms with E-state index in [2.05, 4.69) is 10.0 Å². The van der Waals surface area contributed by atoms with E-state index >= 15 is 0 Å². The number of aliphatic hydroxyl groups is 1. The minimum absolute atomic E-state index is 0.0247. The van der Waals surface area contributed by atoms with E-state index in [1.54, 1.807) is 13.8 Å². The van der Waals surface area contributed by atoms with Gasteiger partial charge in [-0.05, 0) is 67.6 Å². The fourth-order valence-corrected chi connectivity index (χ4v) is 5.86. The smallest absolute Gasteiger partial charge is 0.416 e. The summed E-state index contributed by atoms with van der Waals surface area (Å²) in [4.78, 5) is 29.3. The van der Waals surface area contributed by atoms with E-state index in [-0.39, 0.29) is 47.3 Å². The lowest BCUT2D eigenvalue weighted by Crippen LogP contribution is -2.50. The van der Waals surface area contributed by atoms with Gasteiger partial charge in [0.25, 0.3) is 15.9 Å². The summed E-state index contributed by atoms with van der Waals surface area (Å²) in [6.07, 6.45) is -5.32. The number of fused-ring (bicyclic) bond motifs is 1. The normalized spacial score (nSPS) is 17.8. The van der Waals surface area contributed by atoms with E-state index in [0.29, 0.717) is 5.02 Å². The lowest BCUT2D eigenvalue weighted by molar-refractivity contribution is -0.137. The molecular formula is C30H32ClF3N4O6S. The zero-order valence-corrected chi connectivity index (χ0v) is 26.1. The van der Waals surface area contributed by atoms with Crippen LogP contribution in [-0.2, 0) is 16.2 Å². The number of anilines is 2. The number of hydrogen-bond acceptors (Lipinski definition) is 6. The number of ether oxygens (including phenoxy) is 1. The van der Waals surface area contributed by atoms with Gasteiger partial charge in [0.15, 0.2) is 5.75 Å². The topological polar surface area (TPSA) is 128 Å². The first-order chi connectivity index (χ1) is 21.1. The average Bonchev–Trinajstić information content (AvgIpc) is 2.98. The number of para-hydroxylation sites is 1. The second kappa shape index (κ2) is 13.5. The molecule has 242 valence electrons. The van der Waals surface area contributed by atoms with E-state index in [4.69, 9.17) is 16.3 Å². The number of urea groups is 1. The number of likely N-dealkylation sites (N-methyl/N-ethyl adjacent to an activating group) is 1. The first kappa shape index (κ1) is 33.9. The summed E-state index contributed by atoms with van der Waals surface area (Å²) in [5.74, 6) is -0.987. The van der Waals surface area contributed by atoms with Crippen molar-refractivity contribution in [1.82, 2.24) is 9.80 Å². The molecule has 0 saturated carbocycles. The quantitative estimate of drug-likeness (QED) is 0.289. The fraction of sp³-hybridized carbons (Fsp3) is 0.333. The number of alkyl halides is 3. The number of rotatable bonds is 8. The molecule has 0 saturated heterocycles. The molecule has 10 nitrogen and oxygen atoms in total. The van der Waals surface area contributed by atoms with Gasteiger partial charge in [0.2, 0.25) is 0 Å². The minimum atomic E-state index is -4.52. The Morgan fingerprint density at radius 1 is 1.13 bits per heavy atom. The highest BCUT2D eigenvalue weighted by molar-refractivity contribution is 7.92. The number of nitrogens with zero attached hydrogens (tertiary/aromatic N) is 2. The predicted molar refractivity (Wildman–Crippen MR) is 163 cm³/mol. The van der Waals surface area contributed by atoms with Crippen molar-refractivity contribution >= 4 is 44.9 Å². The van der Waals surface area contributed by atoms with Gasteiger partial charge in [-0.25, -0.2) is 13.2 Å². The maximum absolute atomic E-state index is 13.7. The van der Waals surface area contributed by atoms with Gasteiger partial charge in [0.05, 0.1) is 40.9 Å². The SMILES string of the molecule is C[C@H](CO)N1C[C@H](C)[C@@H](CN(C)C(=O)Nc2ccc(C(F)(F)F)cc2)Oc2c(NS(=O)(=O)c3ccc(Cl)cc3)cccc2C1=O. The van der Waals surface area contributed by atoms with Crippen molar-refractivity contribution in [3.8, 4) is 5.75 Å². The zero-order chi connectivity index (χ0) is 33.1. The molecule has 45 heavy (non-hydrogen) atoms. The van der Waals surface area contributed by atoms with Crippen molar-refractivity contribution in [3.05, 3.63) is 82.9 Å². The largest absolute Gasteiger partial charge is 0.485 e. The molecule has 3 N–H and O–H groups in total. The first-order valence-electron chi connectivity index (χ1n) is 13.8. The number of aliphatic hydroxyl groups excluding tert-OH is 1. The van der Waals surface area contributed by atoms with Crippen LogP contribution >= 0.6 is 11.6 Å². The van der Waals surface area contributed by atoms with Crippen molar-refractivity contribution in [2.24, 2.45) is 5.92 Å². The van der Waals surface area contributed by atoms with Crippen LogP contribution in [0.2, 0.25) is 5.02 Å². The average molecular weight is 669 g/mol. The molecule has 1 aliphatic heterocycles. The van der Waals surface area contributed by atoms with Gasteiger partial charge in [-0.3, -0.25) is 9.52 Å². The summed E-state index contributed by atoms with van der Waals surface area (Å²) in [7, 11) is -2.69. The monoisotopic (exact) mass is 668 g/mol. The molecule has 4 rings (SSSR count). The van der Waals surface area contributed by atoms with Crippen molar-refractivity contribution < 1.29 is 41.0 Å². The van der Waals surface area contributed by atoms with Gasteiger partial charge < -0.3 is 25.0 Å². The molecule has 15 heteroatoms. The predicted octanol–water partition coefficient (Wildman–Crippen LogP) is 5.54. The van der Waals surface area contributed by atoms with Gasteiger partial charge in [-0.15, -0.1) is 0 Å². The molecule has 1 heterocycles. The molecule has 0 aromatic heterocycles. The number of carbonyl (C=O) groups is 2. The maximum atomic E-state index is 13.7. The molecule has 0 fully saturated rings. The third-order valence-electron chi connectivity index (χ3n) is 7.32. The summed E-state index contributed by atoms with van der Waals surface area (Å²) in [6, 6.07) is 12.6. The maximum Gasteiger partial charge on any atom is 0.416 e. The molecule has 0 aliphatic carbocycles. The number of amides is 3. The van der Waals surface area contributed by atoms with Crippen LogP contribution in [0.15, 0.2) is 71.6 Å². The fourth-order valence-electron chi connectivity index (χ4n) is 4.67. The van der Waals surface area contributed by atoms with Crippen LogP contribution in [0.1, 0.15) is 29.8 Å². The molecule has 0 unspecified atom stereocenters. The van der Waals surface area contributed by atoms with Crippen LogP contribution in [0.25, 0.3) is 0 Å². The van der Waals surface area contributed by atoms with Crippen molar-refractivity contribution in [3.63, 3.8) is 0 Å². The summed E-state index contributed by atoms with van der Waals surface area (Å²) in [5.41, 5.74) is -0.698. The van der Waals surface area contributed by atoms with Crippen LogP contribution in [-0.4, -0.2) is 74.2 Å². The third-order valence-corrected chi connectivity index (χ3v) is 8.96. The Bertz CT molecular complexity index is 1640. The van der Waals surface area contributed by atoms with E-state index in [0.717, 1.165) is 24.3 Å². The number of halogens is 4. The molecule has 0 spiro atoms. The lowest BCUT2D eigenvalue weighted by atomic mass is 9.99. The molecule has 3 atom stereocenters. The molecule has 3 aromatic carbocycles. The highest BCUT2D eigenvalue weighted by Gasteiger charge is 2.36. The standard InChI is InChI=1S/C30H32ClF3N4O6S/c1-18-15-38(19(2)17-39)28(40)24-5-4-6-25(36-45(42,43)23-13-9-21(31)10-14-23)27(24)44-26(18)16-37(3)29(41)35-22-11-7-20(8-12-22)30(32,33)34/h4-14,18-19,26,36,39H,15-17H2,1-3H3,(H,35,41)/t18-,19+,26+/m0/s1. The minimum Gasteiger partial charge on any atom is -0.485 e. The molecule has 3 amide bonds. The number of sulfonamides is 1. The second-order valence-electron chi connectivity index (χ2n) is 10.8. The van der Waals surface area contributed by atoms with E-state index < -0.39 is 51.8 Å². The van der Waals surface area contributed by atoms with Crippen LogP contribution in [0.3, 0.4) is 0 Å². The highest BCUT2D eigenvalue weighted by Crippen LogP contribution is 2.36. The van der Waals surface area contributed by atoms with Gasteiger partial charge in [-0.1, -0.05) is 24.6 Å². The molecular weight excluding hydrogens is 637 g/mol. The lowest BCUT2D eigenvalue weighted by Gasteiger charge is -2.38. The third kappa shape index (κ3) is 7.99. The Morgan fingerprint density at radius 3 is 2.38 bits per heavy atom. The Balaban J connectivity index is 1.64. The number of carbonyl (C=O) groups excluding carboxylic acids is 2. The molecule has 1 aliphatic rings. The number of nitrogens with one attached hydrogen (secondary N) is 2. The number of benzene rings is 3. The summed E-state index contributed by atoms with van der Waals surface area (Å²) < 4.78 is 74.1. The van der Waals surface area contributed by atoms with E-state index in [9.17, 15) is 36.3 Å². The van der Waals surface area contributed by atoms with Gasteiger partial charge >= 0.3 is 12.2 Å². The van der Waals surface area contributed by atoms with Gasteiger partial charge in [-0.2, -0.15) is 13.2 Å². The summed E-state index contributed by atoms with van der Waals surface area (Å²) in [6.45, 7) is 3.19. The van der Waals surface area contributed by atoms with Crippen molar-refractivity contribution in [1.29, 1.82) is 0 Å². The van der Waals surface area contributed by atoms with E-state index in [1.807, 2.05) is 0 Å². The number of hydrogen-bond donors (Lipinski definition) is 3. The van der Waals surface area contributed by atoms with Crippen LogP contribution < -0.4 is 14.8 Å². The Kier molecular flexibility index (Phi) is 10.2.